The molecule has 170 valence electrons. The van der Waals surface area contributed by atoms with Crippen LogP contribution >= 0.6 is 11.6 Å². The van der Waals surface area contributed by atoms with Crippen molar-refractivity contribution in [2.75, 3.05) is 0 Å². The van der Waals surface area contributed by atoms with Gasteiger partial charge >= 0.3 is 0 Å². The summed E-state index contributed by atoms with van der Waals surface area (Å²) in [5, 5.41) is 12.5. The quantitative estimate of drug-likeness (QED) is 0.220. The summed E-state index contributed by atoms with van der Waals surface area (Å²) in [6, 6.07) is 19.0. The fraction of sp³-hybridized carbons (Fsp3) is 0.111. The molecule has 0 spiro atoms. The maximum absolute atomic E-state index is 13.5. The number of aromatic nitrogens is 1. The van der Waals surface area contributed by atoms with Gasteiger partial charge in [-0.3, -0.25) is 9.59 Å². The predicted octanol–water partition coefficient (Wildman–Crippen LogP) is 5.89. The van der Waals surface area contributed by atoms with Crippen LogP contribution in [0.15, 0.2) is 78.4 Å². The highest BCUT2D eigenvalue weighted by molar-refractivity contribution is 6.46. The molecule has 1 aliphatic rings. The van der Waals surface area contributed by atoms with Crippen molar-refractivity contribution < 1.29 is 19.1 Å². The maximum atomic E-state index is 13.5. The number of ketones is 1. The lowest BCUT2D eigenvalue weighted by Crippen LogP contribution is -2.29. The molecule has 34 heavy (non-hydrogen) atoms. The van der Waals surface area contributed by atoms with E-state index in [1.807, 2.05) is 31.2 Å². The lowest BCUT2D eigenvalue weighted by atomic mass is 9.93. The topological polar surface area (TPSA) is 73.4 Å². The van der Waals surface area contributed by atoms with Gasteiger partial charge in [0.2, 0.25) is 0 Å². The number of rotatable bonds is 4. The summed E-state index contributed by atoms with van der Waals surface area (Å²) in [4.78, 5) is 31.3. The van der Waals surface area contributed by atoms with Crippen LogP contribution in [0.25, 0.3) is 16.7 Å². The average molecular weight is 475 g/mol. The number of halogens is 2. The summed E-state index contributed by atoms with van der Waals surface area (Å²) in [5.41, 5.74) is 3.34. The van der Waals surface area contributed by atoms with E-state index >= 15 is 0 Å². The smallest absolute Gasteiger partial charge is 0.295 e. The van der Waals surface area contributed by atoms with E-state index in [0.29, 0.717) is 16.1 Å². The standard InChI is InChI=1S/C27H20ClFN2O3/c1-15-22(20-7-2-3-8-21(20)30-15)24-23(25(32)17-5-4-6-18(28)13-17)26(33)27(34)31(24)14-16-9-11-19(29)12-10-16/h2-13,24,30,32H,14H2,1H3/b25-23+. The van der Waals surface area contributed by atoms with Crippen LogP contribution in [0.1, 0.15) is 28.4 Å². The molecule has 1 saturated heterocycles. The molecule has 1 unspecified atom stereocenters. The van der Waals surface area contributed by atoms with E-state index in [-0.39, 0.29) is 17.9 Å². The van der Waals surface area contributed by atoms with Crippen molar-refractivity contribution in [2.24, 2.45) is 0 Å². The minimum Gasteiger partial charge on any atom is -0.507 e. The molecule has 2 heterocycles. The third kappa shape index (κ3) is 3.66. The number of hydrogen-bond acceptors (Lipinski definition) is 3. The molecule has 0 saturated carbocycles. The van der Waals surface area contributed by atoms with Gasteiger partial charge in [-0.15, -0.1) is 0 Å². The number of aromatic amines is 1. The second-order valence-corrected chi connectivity index (χ2v) is 8.71. The molecule has 4 aromatic rings. The van der Waals surface area contributed by atoms with E-state index in [2.05, 4.69) is 4.98 Å². The molecule has 0 radical (unpaired) electrons. The zero-order chi connectivity index (χ0) is 24.0. The summed E-state index contributed by atoms with van der Waals surface area (Å²) in [6.07, 6.45) is 0. The molecular weight excluding hydrogens is 455 g/mol. The van der Waals surface area contributed by atoms with Gasteiger partial charge in [0, 0.05) is 39.3 Å². The lowest BCUT2D eigenvalue weighted by Gasteiger charge is -2.26. The van der Waals surface area contributed by atoms with E-state index in [0.717, 1.165) is 22.2 Å². The number of H-pyrrole nitrogens is 1. The van der Waals surface area contributed by atoms with Crippen molar-refractivity contribution in [3.63, 3.8) is 0 Å². The molecule has 5 rings (SSSR count). The normalized spacial score (nSPS) is 17.6. The van der Waals surface area contributed by atoms with Crippen molar-refractivity contribution in [2.45, 2.75) is 19.5 Å². The Morgan fingerprint density at radius 3 is 2.53 bits per heavy atom. The van der Waals surface area contributed by atoms with Gasteiger partial charge < -0.3 is 15.0 Å². The zero-order valence-electron chi connectivity index (χ0n) is 18.2. The lowest BCUT2D eigenvalue weighted by molar-refractivity contribution is -0.140. The number of carbonyl (C=O) groups is 2. The summed E-state index contributed by atoms with van der Waals surface area (Å²) >= 11 is 6.12. The molecule has 7 heteroatoms. The first kappa shape index (κ1) is 21.9. The minimum absolute atomic E-state index is 0.0118. The number of benzene rings is 3. The molecular formula is C27H20ClFN2O3. The fourth-order valence-electron chi connectivity index (χ4n) is 4.57. The van der Waals surface area contributed by atoms with Crippen molar-refractivity contribution in [3.05, 3.63) is 112 Å². The Bertz CT molecular complexity index is 1470. The Hall–Kier alpha value is -3.90. The summed E-state index contributed by atoms with van der Waals surface area (Å²) in [5.74, 6) is -2.20. The van der Waals surface area contributed by atoms with Gasteiger partial charge in [-0.2, -0.15) is 0 Å². The Kier molecular flexibility index (Phi) is 5.46. The molecule has 0 aliphatic carbocycles. The second kappa shape index (κ2) is 8.47. The molecule has 5 nitrogen and oxygen atoms in total. The minimum atomic E-state index is -0.847. The number of nitrogens with zero attached hydrogens (tertiary/aromatic N) is 1. The van der Waals surface area contributed by atoms with Crippen molar-refractivity contribution in [3.8, 4) is 0 Å². The van der Waals surface area contributed by atoms with E-state index < -0.39 is 23.5 Å². The monoisotopic (exact) mass is 474 g/mol. The van der Waals surface area contributed by atoms with Gasteiger partial charge in [0.1, 0.15) is 11.6 Å². The van der Waals surface area contributed by atoms with Gasteiger partial charge in [-0.05, 0) is 42.8 Å². The number of hydrogen-bond donors (Lipinski definition) is 2. The van der Waals surface area contributed by atoms with Crippen LogP contribution in [0, 0.1) is 12.7 Å². The van der Waals surface area contributed by atoms with Crippen LogP contribution in [0.3, 0.4) is 0 Å². The van der Waals surface area contributed by atoms with Crippen molar-refractivity contribution in [1.82, 2.24) is 9.88 Å². The largest absolute Gasteiger partial charge is 0.507 e. The molecule has 0 bridgehead atoms. The first-order valence-electron chi connectivity index (χ1n) is 10.7. The van der Waals surface area contributed by atoms with Crippen LogP contribution in [0.4, 0.5) is 4.39 Å². The molecule has 1 atom stereocenters. The SMILES string of the molecule is Cc1[nH]c2ccccc2c1C1/C(=C(\O)c2cccc(Cl)c2)C(=O)C(=O)N1Cc1ccc(F)cc1. The number of aliphatic hydroxyl groups is 1. The predicted molar refractivity (Wildman–Crippen MR) is 129 cm³/mol. The van der Waals surface area contributed by atoms with Crippen LogP contribution < -0.4 is 0 Å². The molecule has 1 fully saturated rings. The van der Waals surface area contributed by atoms with Gasteiger partial charge in [0.25, 0.3) is 11.7 Å². The zero-order valence-corrected chi connectivity index (χ0v) is 18.9. The number of aliphatic hydroxyl groups excluding tert-OH is 1. The molecule has 1 aromatic heterocycles. The maximum Gasteiger partial charge on any atom is 0.295 e. The molecule has 1 amide bonds. The number of para-hydroxylation sites is 1. The highest BCUT2D eigenvalue weighted by Crippen LogP contribution is 2.44. The number of likely N-dealkylation sites (tertiary alicyclic amines) is 1. The Labute approximate surface area is 200 Å². The van der Waals surface area contributed by atoms with Crippen LogP contribution in [0.5, 0.6) is 0 Å². The summed E-state index contributed by atoms with van der Waals surface area (Å²) in [6.45, 7) is 1.94. The molecule has 2 N–H and O–H groups in total. The molecule has 3 aromatic carbocycles. The van der Waals surface area contributed by atoms with Gasteiger partial charge in [-0.1, -0.05) is 54.1 Å². The Morgan fingerprint density at radius 1 is 1.06 bits per heavy atom. The Balaban J connectivity index is 1.74. The number of carbonyl (C=O) groups excluding carboxylic acids is 2. The average Bonchev–Trinajstić information content (AvgIpc) is 3.27. The van der Waals surface area contributed by atoms with Crippen LogP contribution in [0.2, 0.25) is 5.02 Å². The van der Waals surface area contributed by atoms with E-state index in [1.165, 1.54) is 17.0 Å². The number of amides is 1. The van der Waals surface area contributed by atoms with Gasteiger partial charge in [0.05, 0.1) is 11.6 Å². The van der Waals surface area contributed by atoms with E-state index in [1.54, 1.807) is 36.4 Å². The number of nitrogens with one attached hydrogen (secondary N) is 1. The summed E-state index contributed by atoms with van der Waals surface area (Å²) < 4.78 is 13.5. The number of Topliss-reactive ketones (excluding diaryl/α,β-unsaturated/α-hetero) is 1. The first-order chi connectivity index (χ1) is 16.3. The first-order valence-corrected chi connectivity index (χ1v) is 11.1. The van der Waals surface area contributed by atoms with Crippen LogP contribution in [-0.4, -0.2) is 26.7 Å². The third-order valence-electron chi connectivity index (χ3n) is 6.12. The summed E-state index contributed by atoms with van der Waals surface area (Å²) in [7, 11) is 0. The number of fused-ring (bicyclic) bond motifs is 1. The highest BCUT2D eigenvalue weighted by Gasteiger charge is 2.47. The fourth-order valence-corrected chi connectivity index (χ4v) is 4.76. The van der Waals surface area contributed by atoms with Crippen LogP contribution in [-0.2, 0) is 16.1 Å². The van der Waals surface area contributed by atoms with Gasteiger partial charge in [-0.25, -0.2) is 4.39 Å². The van der Waals surface area contributed by atoms with E-state index in [4.69, 9.17) is 11.6 Å². The third-order valence-corrected chi connectivity index (χ3v) is 6.36. The Morgan fingerprint density at radius 2 is 1.79 bits per heavy atom. The highest BCUT2D eigenvalue weighted by atomic mass is 35.5. The van der Waals surface area contributed by atoms with Crippen molar-refractivity contribution in [1.29, 1.82) is 0 Å². The molecule has 1 aliphatic heterocycles. The van der Waals surface area contributed by atoms with E-state index in [9.17, 15) is 19.1 Å². The van der Waals surface area contributed by atoms with Crippen molar-refractivity contribution >= 4 is 40.0 Å². The second-order valence-electron chi connectivity index (χ2n) is 8.27. The number of aryl methyl sites for hydroxylation is 1. The van der Waals surface area contributed by atoms with Gasteiger partial charge in [0.15, 0.2) is 0 Å².